The van der Waals surface area contributed by atoms with Crippen molar-refractivity contribution in [1.82, 2.24) is 0 Å². The molecule has 0 amide bonds. The number of hydrogen-bond donors (Lipinski definition) is 0. The monoisotopic (exact) mass is 164 g/mol. The summed E-state index contributed by atoms with van der Waals surface area (Å²) in [5.74, 6) is 1.13. The van der Waals surface area contributed by atoms with Gasteiger partial charge in [-0.1, -0.05) is 32.9 Å². The summed E-state index contributed by atoms with van der Waals surface area (Å²) in [6, 6.07) is 0. The fourth-order valence-electron chi connectivity index (χ4n) is 2.93. The van der Waals surface area contributed by atoms with Crippen molar-refractivity contribution in [2.75, 3.05) is 0 Å². The Balaban J connectivity index is 2.58. The molecule has 3 unspecified atom stereocenters. The highest BCUT2D eigenvalue weighted by Gasteiger charge is 2.61. The first-order chi connectivity index (χ1) is 5.41. The molecular formula is C11H16O. The highest BCUT2D eigenvalue weighted by Crippen LogP contribution is 2.61. The maximum Gasteiger partial charge on any atom is 0.146 e. The van der Waals surface area contributed by atoms with Crippen LogP contribution in [0.5, 0.6) is 0 Å². The Morgan fingerprint density at radius 1 is 1.33 bits per heavy atom. The van der Waals surface area contributed by atoms with Crippen LogP contribution in [0.4, 0.5) is 0 Å². The molecule has 2 rings (SSSR count). The van der Waals surface area contributed by atoms with Crippen LogP contribution >= 0.6 is 0 Å². The number of Topliss-reactive ketones (excluding diaryl/α,β-unsaturated/α-hetero) is 1. The highest BCUT2D eigenvalue weighted by atomic mass is 16.1. The Kier molecular flexibility index (Phi) is 1.23. The summed E-state index contributed by atoms with van der Waals surface area (Å²) in [6.45, 7) is 8.55. The number of carbonyl (C=O) groups excluding carboxylic acids is 1. The first-order valence-electron chi connectivity index (χ1n) is 4.65. The number of ketones is 1. The van der Waals surface area contributed by atoms with Crippen LogP contribution in [-0.4, -0.2) is 5.78 Å². The smallest absolute Gasteiger partial charge is 0.146 e. The van der Waals surface area contributed by atoms with Crippen LogP contribution in [0.15, 0.2) is 12.2 Å². The normalized spacial score (nSPS) is 48.8. The maximum absolute atomic E-state index is 11.9. The Hall–Kier alpha value is -0.590. The SMILES string of the molecule is CC1C(=O)C2(C)C=CC1C2(C)C. The molecule has 2 bridgehead atoms. The molecule has 1 fully saturated rings. The third kappa shape index (κ3) is 0.562. The molecule has 0 aliphatic heterocycles. The molecule has 0 radical (unpaired) electrons. The largest absolute Gasteiger partial charge is 0.298 e. The average Bonchev–Trinajstić information content (AvgIpc) is 2.26. The van der Waals surface area contributed by atoms with E-state index >= 15 is 0 Å². The second-order valence-corrected chi connectivity index (χ2v) is 4.96. The zero-order valence-electron chi connectivity index (χ0n) is 8.22. The number of carbonyl (C=O) groups is 1. The van der Waals surface area contributed by atoms with Crippen molar-refractivity contribution in [1.29, 1.82) is 0 Å². The molecule has 0 aromatic rings. The van der Waals surface area contributed by atoms with Crippen LogP contribution in [0.2, 0.25) is 0 Å². The van der Waals surface area contributed by atoms with Crippen LogP contribution in [-0.2, 0) is 4.79 Å². The van der Waals surface area contributed by atoms with Gasteiger partial charge in [-0.2, -0.15) is 0 Å². The van der Waals surface area contributed by atoms with Gasteiger partial charge in [0, 0.05) is 5.92 Å². The van der Waals surface area contributed by atoms with Gasteiger partial charge in [-0.05, 0) is 18.3 Å². The van der Waals surface area contributed by atoms with Crippen molar-refractivity contribution in [3.8, 4) is 0 Å². The number of rotatable bonds is 0. The minimum Gasteiger partial charge on any atom is -0.298 e. The minimum absolute atomic E-state index is 0.142. The summed E-state index contributed by atoms with van der Waals surface area (Å²) in [4.78, 5) is 11.9. The van der Waals surface area contributed by atoms with Gasteiger partial charge in [0.15, 0.2) is 0 Å². The summed E-state index contributed by atoms with van der Waals surface area (Å²) >= 11 is 0. The molecule has 2 aliphatic rings. The lowest BCUT2D eigenvalue weighted by atomic mass is 9.70. The molecule has 3 atom stereocenters. The van der Waals surface area contributed by atoms with E-state index in [9.17, 15) is 4.79 Å². The first kappa shape index (κ1) is 8.03. The van der Waals surface area contributed by atoms with Crippen LogP contribution in [0, 0.1) is 22.7 Å². The van der Waals surface area contributed by atoms with Gasteiger partial charge in [0.25, 0.3) is 0 Å². The van der Waals surface area contributed by atoms with Crippen LogP contribution in [0.3, 0.4) is 0 Å². The van der Waals surface area contributed by atoms with E-state index in [1.54, 1.807) is 0 Å². The van der Waals surface area contributed by atoms with Gasteiger partial charge in [0.1, 0.15) is 5.78 Å². The predicted molar refractivity (Wildman–Crippen MR) is 48.7 cm³/mol. The summed E-state index contributed by atoms with van der Waals surface area (Å²) < 4.78 is 0. The first-order valence-corrected chi connectivity index (χ1v) is 4.65. The topological polar surface area (TPSA) is 17.1 Å². The predicted octanol–water partition coefficient (Wildman–Crippen LogP) is 2.42. The molecule has 66 valence electrons. The fourth-order valence-corrected chi connectivity index (χ4v) is 2.93. The third-order valence-electron chi connectivity index (χ3n) is 4.27. The van der Waals surface area contributed by atoms with Gasteiger partial charge in [-0.3, -0.25) is 4.79 Å². The minimum atomic E-state index is -0.183. The van der Waals surface area contributed by atoms with E-state index in [0.717, 1.165) is 0 Å². The zero-order chi connectivity index (χ0) is 9.15. The Labute approximate surface area is 73.8 Å². The number of hydrogen-bond acceptors (Lipinski definition) is 1. The Morgan fingerprint density at radius 3 is 2.17 bits per heavy atom. The molecule has 0 saturated heterocycles. The van der Waals surface area contributed by atoms with Crippen molar-refractivity contribution in [3.05, 3.63) is 12.2 Å². The van der Waals surface area contributed by atoms with Gasteiger partial charge >= 0.3 is 0 Å². The van der Waals surface area contributed by atoms with Crippen molar-refractivity contribution in [2.24, 2.45) is 22.7 Å². The summed E-state index contributed by atoms with van der Waals surface area (Å²) in [5, 5.41) is 0. The van der Waals surface area contributed by atoms with E-state index in [0.29, 0.717) is 11.7 Å². The average molecular weight is 164 g/mol. The van der Waals surface area contributed by atoms with Crippen LogP contribution < -0.4 is 0 Å². The molecule has 0 N–H and O–H groups in total. The van der Waals surface area contributed by atoms with Crippen molar-refractivity contribution < 1.29 is 4.79 Å². The molecule has 1 nitrogen and oxygen atoms in total. The second kappa shape index (κ2) is 1.84. The summed E-state index contributed by atoms with van der Waals surface area (Å²) in [7, 11) is 0. The van der Waals surface area contributed by atoms with Gasteiger partial charge < -0.3 is 0 Å². The zero-order valence-corrected chi connectivity index (χ0v) is 8.22. The second-order valence-electron chi connectivity index (χ2n) is 4.96. The lowest BCUT2D eigenvalue weighted by Crippen LogP contribution is -2.32. The number of allylic oxidation sites excluding steroid dienone is 2. The fraction of sp³-hybridized carbons (Fsp3) is 0.727. The lowest BCUT2D eigenvalue weighted by Gasteiger charge is -2.32. The molecule has 1 heteroatoms. The van der Waals surface area contributed by atoms with E-state index < -0.39 is 0 Å². The van der Waals surface area contributed by atoms with Gasteiger partial charge in [0.2, 0.25) is 0 Å². The van der Waals surface area contributed by atoms with E-state index in [1.807, 2.05) is 0 Å². The van der Waals surface area contributed by atoms with E-state index in [4.69, 9.17) is 0 Å². The van der Waals surface area contributed by atoms with Crippen molar-refractivity contribution in [2.45, 2.75) is 27.7 Å². The molecular weight excluding hydrogens is 148 g/mol. The Morgan fingerprint density at radius 2 is 1.92 bits per heavy atom. The molecule has 1 saturated carbocycles. The quantitative estimate of drug-likeness (QED) is 0.502. The highest BCUT2D eigenvalue weighted by molar-refractivity contribution is 5.93. The van der Waals surface area contributed by atoms with Crippen molar-refractivity contribution in [3.63, 3.8) is 0 Å². The molecule has 0 aromatic heterocycles. The number of fused-ring (bicyclic) bond motifs is 2. The standard InChI is InChI=1S/C11H16O/c1-7-8-5-6-11(4,9(7)12)10(8,2)3/h5-8H,1-4H3. The molecule has 2 aliphatic carbocycles. The maximum atomic E-state index is 11.9. The van der Waals surface area contributed by atoms with Gasteiger partial charge in [-0.15, -0.1) is 0 Å². The Bertz CT molecular complexity index is 275. The molecule has 12 heavy (non-hydrogen) atoms. The van der Waals surface area contributed by atoms with Crippen LogP contribution in [0.1, 0.15) is 27.7 Å². The van der Waals surface area contributed by atoms with E-state index in [-0.39, 0.29) is 16.7 Å². The van der Waals surface area contributed by atoms with Crippen molar-refractivity contribution >= 4 is 5.78 Å². The third-order valence-corrected chi connectivity index (χ3v) is 4.27. The van der Waals surface area contributed by atoms with E-state index in [2.05, 4.69) is 39.8 Å². The van der Waals surface area contributed by atoms with E-state index in [1.165, 1.54) is 0 Å². The summed E-state index contributed by atoms with van der Waals surface area (Å²) in [5.41, 5.74) is -0.0411. The summed E-state index contributed by atoms with van der Waals surface area (Å²) in [6.07, 6.45) is 4.34. The van der Waals surface area contributed by atoms with Gasteiger partial charge in [0.05, 0.1) is 5.41 Å². The van der Waals surface area contributed by atoms with Gasteiger partial charge in [-0.25, -0.2) is 0 Å². The molecule has 0 spiro atoms. The van der Waals surface area contributed by atoms with Crippen LogP contribution in [0.25, 0.3) is 0 Å². The molecule has 0 heterocycles. The lowest BCUT2D eigenvalue weighted by molar-refractivity contribution is -0.127. The molecule has 0 aromatic carbocycles.